The molecule has 0 aromatic carbocycles. The molecule has 0 heterocycles. The van der Waals surface area contributed by atoms with Crippen LogP contribution in [0.15, 0.2) is 24.0 Å². The first-order valence-electron chi connectivity index (χ1n) is 8.41. The molecule has 2 N–H and O–H groups in total. The largest absolute Gasteiger partial charge is 0.512 e. The molecule has 0 radical (unpaired) electrons. The Bertz CT molecular complexity index is 306. The monoisotopic (exact) mass is 296 g/mol. The maximum Gasteiger partial charge on any atom is 0.303 e. The van der Waals surface area contributed by atoms with Gasteiger partial charge in [-0.1, -0.05) is 51.2 Å². The number of aliphatic hydroxyl groups excluding tert-OH is 1. The SMILES string of the molecule is CCCCCC=CCC(O)=CCCCCCCCC(=O)O. The van der Waals surface area contributed by atoms with E-state index in [0.717, 1.165) is 44.9 Å². The molecule has 0 fully saturated rings. The molecular formula is C18H32O3. The lowest BCUT2D eigenvalue weighted by Crippen LogP contribution is -1.93. The standard InChI is InChI=1S/C18H32O3/c1-2-3-4-5-8-11-14-17(19)15-12-9-6-7-10-13-16-18(20)21/h8,11,15,19H,2-7,9-10,12-14,16H2,1H3,(H,20,21). The third-order valence-electron chi connectivity index (χ3n) is 3.44. The summed E-state index contributed by atoms with van der Waals surface area (Å²) in [6.07, 6.45) is 17.8. The molecule has 21 heavy (non-hydrogen) atoms. The summed E-state index contributed by atoms with van der Waals surface area (Å²) in [6, 6.07) is 0. The van der Waals surface area contributed by atoms with Crippen molar-refractivity contribution in [1.29, 1.82) is 0 Å². The highest BCUT2D eigenvalue weighted by molar-refractivity contribution is 5.66. The average molecular weight is 296 g/mol. The summed E-state index contributed by atoms with van der Waals surface area (Å²) in [4.78, 5) is 10.3. The summed E-state index contributed by atoms with van der Waals surface area (Å²) in [6.45, 7) is 2.20. The molecule has 0 saturated carbocycles. The van der Waals surface area contributed by atoms with Gasteiger partial charge in [-0.2, -0.15) is 0 Å². The lowest BCUT2D eigenvalue weighted by atomic mass is 10.1. The van der Waals surface area contributed by atoms with Crippen molar-refractivity contribution < 1.29 is 15.0 Å². The van der Waals surface area contributed by atoms with Crippen molar-refractivity contribution in [3.05, 3.63) is 24.0 Å². The van der Waals surface area contributed by atoms with Crippen LogP contribution < -0.4 is 0 Å². The molecule has 0 atom stereocenters. The van der Waals surface area contributed by atoms with Crippen molar-refractivity contribution >= 4 is 5.97 Å². The minimum atomic E-state index is -0.703. The van der Waals surface area contributed by atoms with Gasteiger partial charge >= 0.3 is 5.97 Å². The van der Waals surface area contributed by atoms with Crippen LogP contribution in [0.25, 0.3) is 0 Å². The van der Waals surface area contributed by atoms with Crippen molar-refractivity contribution in [3.8, 4) is 0 Å². The quantitative estimate of drug-likeness (QED) is 0.243. The number of unbranched alkanes of at least 4 members (excludes halogenated alkanes) is 8. The smallest absolute Gasteiger partial charge is 0.303 e. The van der Waals surface area contributed by atoms with Gasteiger partial charge in [0.25, 0.3) is 0 Å². The molecular weight excluding hydrogens is 264 g/mol. The molecule has 0 unspecified atom stereocenters. The minimum absolute atomic E-state index is 0.283. The number of carboxylic acid groups (broad SMARTS) is 1. The van der Waals surface area contributed by atoms with E-state index in [9.17, 15) is 9.90 Å². The zero-order valence-electron chi connectivity index (χ0n) is 13.5. The van der Waals surface area contributed by atoms with Gasteiger partial charge in [-0.15, -0.1) is 0 Å². The first-order valence-corrected chi connectivity index (χ1v) is 8.41. The van der Waals surface area contributed by atoms with Crippen LogP contribution in [0.5, 0.6) is 0 Å². The fraction of sp³-hybridized carbons (Fsp3) is 0.722. The summed E-state index contributed by atoms with van der Waals surface area (Å²) in [5.41, 5.74) is 0. The van der Waals surface area contributed by atoms with Crippen LogP contribution in [0.3, 0.4) is 0 Å². The summed E-state index contributed by atoms with van der Waals surface area (Å²) < 4.78 is 0. The summed E-state index contributed by atoms with van der Waals surface area (Å²) in [5.74, 6) is -0.238. The van der Waals surface area contributed by atoms with E-state index in [1.807, 2.05) is 12.2 Å². The van der Waals surface area contributed by atoms with Gasteiger partial charge in [0, 0.05) is 12.8 Å². The molecule has 0 aromatic heterocycles. The fourth-order valence-electron chi connectivity index (χ4n) is 2.14. The normalized spacial score (nSPS) is 12.1. The first kappa shape index (κ1) is 19.8. The van der Waals surface area contributed by atoms with Gasteiger partial charge in [0.1, 0.15) is 0 Å². The van der Waals surface area contributed by atoms with Crippen molar-refractivity contribution in [2.45, 2.75) is 84.0 Å². The van der Waals surface area contributed by atoms with Crippen LogP contribution in [0.2, 0.25) is 0 Å². The van der Waals surface area contributed by atoms with Gasteiger partial charge in [0.2, 0.25) is 0 Å². The summed E-state index contributed by atoms with van der Waals surface area (Å²) >= 11 is 0. The number of rotatable bonds is 14. The van der Waals surface area contributed by atoms with Crippen LogP contribution in [0.4, 0.5) is 0 Å². The Labute approximate surface area is 129 Å². The van der Waals surface area contributed by atoms with Crippen molar-refractivity contribution in [2.75, 3.05) is 0 Å². The first-order chi connectivity index (χ1) is 10.2. The van der Waals surface area contributed by atoms with Crippen LogP contribution in [0, 0.1) is 0 Å². The lowest BCUT2D eigenvalue weighted by molar-refractivity contribution is -0.137. The predicted octanol–water partition coefficient (Wildman–Crippen LogP) is 5.77. The number of aliphatic hydroxyl groups is 1. The molecule has 0 saturated heterocycles. The number of carboxylic acids is 1. The highest BCUT2D eigenvalue weighted by Crippen LogP contribution is 2.09. The molecule has 0 bridgehead atoms. The molecule has 0 aliphatic heterocycles. The molecule has 0 aromatic rings. The number of hydrogen-bond acceptors (Lipinski definition) is 2. The zero-order chi connectivity index (χ0) is 15.8. The molecule has 0 amide bonds. The van der Waals surface area contributed by atoms with E-state index >= 15 is 0 Å². The Balaban J connectivity index is 3.41. The second kappa shape index (κ2) is 15.1. The predicted molar refractivity (Wildman–Crippen MR) is 88.6 cm³/mol. The lowest BCUT2D eigenvalue weighted by Gasteiger charge is -1.99. The minimum Gasteiger partial charge on any atom is -0.512 e. The number of hydrogen-bond donors (Lipinski definition) is 2. The third-order valence-corrected chi connectivity index (χ3v) is 3.44. The molecule has 3 nitrogen and oxygen atoms in total. The average Bonchev–Trinajstić information content (AvgIpc) is 2.45. The third kappa shape index (κ3) is 16.7. The van der Waals surface area contributed by atoms with E-state index < -0.39 is 5.97 Å². The van der Waals surface area contributed by atoms with Crippen LogP contribution >= 0.6 is 0 Å². The van der Waals surface area contributed by atoms with Gasteiger partial charge in [0.05, 0.1) is 5.76 Å². The molecule has 122 valence electrons. The Morgan fingerprint density at radius 2 is 1.52 bits per heavy atom. The molecule has 3 heteroatoms. The van der Waals surface area contributed by atoms with Gasteiger partial charge in [0.15, 0.2) is 0 Å². The van der Waals surface area contributed by atoms with Crippen LogP contribution in [0.1, 0.15) is 84.0 Å². The van der Waals surface area contributed by atoms with Gasteiger partial charge in [-0.25, -0.2) is 0 Å². The molecule has 0 spiro atoms. The maximum absolute atomic E-state index is 10.3. The van der Waals surface area contributed by atoms with Crippen LogP contribution in [-0.4, -0.2) is 16.2 Å². The highest BCUT2D eigenvalue weighted by Gasteiger charge is 1.96. The summed E-state index contributed by atoms with van der Waals surface area (Å²) in [7, 11) is 0. The fourth-order valence-corrected chi connectivity index (χ4v) is 2.14. The number of allylic oxidation sites excluding steroid dienone is 3. The molecule has 0 aliphatic rings. The van der Waals surface area contributed by atoms with E-state index in [-0.39, 0.29) is 6.42 Å². The number of carbonyl (C=O) groups is 1. The van der Waals surface area contributed by atoms with Crippen LogP contribution in [-0.2, 0) is 4.79 Å². The van der Waals surface area contributed by atoms with E-state index in [1.165, 1.54) is 19.3 Å². The molecule has 0 rings (SSSR count). The highest BCUT2D eigenvalue weighted by atomic mass is 16.4. The Hall–Kier alpha value is -1.25. The Morgan fingerprint density at radius 3 is 2.24 bits per heavy atom. The van der Waals surface area contributed by atoms with Crippen molar-refractivity contribution in [1.82, 2.24) is 0 Å². The van der Waals surface area contributed by atoms with Crippen molar-refractivity contribution in [2.24, 2.45) is 0 Å². The van der Waals surface area contributed by atoms with Gasteiger partial charge in [-0.3, -0.25) is 4.79 Å². The topological polar surface area (TPSA) is 57.5 Å². The van der Waals surface area contributed by atoms with E-state index in [4.69, 9.17) is 5.11 Å². The zero-order valence-corrected chi connectivity index (χ0v) is 13.5. The van der Waals surface area contributed by atoms with E-state index in [1.54, 1.807) is 0 Å². The van der Waals surface area contributed by atoms with Gasteiger partial charge < -0.3 is 10.2 Å². The van der Waals surface area contributed by atoms with E-state index in [0.29, 0.717) is 12.2 Å². The van der Waals surface area contributed by atoms with Gasteiger partial charge in [-0.05, 0) is 38.2 Å². The summed E-state index contributed by atoms with van der Waals surface area (Å²) in [5, 5.41) is 18.2. The Morgan fingerprint density at radius 1 is 0.857 bits per heavy atom. The second-order valence-electron chi connectivity index (χ2n) is 5.57. The number of aliphatic carboxylic acids is 1. The molecule has 0 aliphatic carbocycles. The maximum atomic E-state index is 10.3. The second-order valence-corrected chi connectivity index (χ2v) is 5.57. The van der Waals surface area contributed by atoms with Crippen molar-refractivity contribution in [3.63, 3.8) is 0 Å². The Kier molecular flexibility index (Phi) is 14.2. The van der Waals surface area contributed by atoms with E-state index in [2.05, 4.69) is 13.0 Å².